The summed E-state index contributed by atoms with van der Waals surface area (Å²) < 4.78 is 5.14. The molecule has 3 aromatic rings. The third-order valence-corrected chi connectivity index (χ3v) is 3.92. The van der Waals surface area contributed by atoms with Gasteiger partial charge in [-0.25, -0.2) is 0 Å². The van der Waals surface area contributed by atoms with Gasteiger partial charge in [0.15, 0.2) is 0 Å². The summed E-state index contributed by atoms with van der Waals surface area (Å²) in [5, 5.41) is 13.9. The number of carbonyl (C=O) groups is 2. The predicted molar refractivity (Wildman–Crippen MR) is 80.7 cm³/mol. The monoisotopic (exact) mass is 305 g/mol. The van der Waals surface area contributed by atoms with Crippen LogP contribution in [-0.2, 0) is 6.42 Å². The van der Waals surface area contributed by atoms with Gasteiger partial charge < -0.3 is 9.63 Å². The maximum Gasteiger partial charge on any atom is 0.232 e. The maximum atomic E-state index is 12.7. The van der Waals surface area contributed by atoms with Crippen molar-refractivity contribution >= 4 is 11.6 Å². The van der Waals surface area contributed by atoms with Gasteiger partial charge in [-0.2, -0.15) is 0 Å². The Hall–Kier alpha value is -3.21. The molecule has 0 spiro atoms. The first-order valence-corrected chi connectivity index (χ1v) is 7.10. The molecule has 5 heteroatoms. The molecule has 0 amide bonds. The van der Waals surface area contributed by atoms with Crippen LogP contribution in [0.5, 0.6) is 5.75 Å². The lowest BCUT2D eigenvalue weighted by Crippen LogP contribution is -2.20. The minimum atomic E-state index is -0.433. The Kier molecular flexibility index (Phi) is 2.87. The molecule has 23 heavy (non-hydrogen) atoms. The number of phenolic OH excluding ortho intramolecular Hbond substituents is 1. The number of hydrogen-bond acceptors (Lipinski definition) is 5. The van der Waals surface area contributed by atoms with E-state index in [1.54, 1.807) is 0 Å². The van der Waals surface area contributed by atoms with Crippen molar-refractivity contribution in [1.29, 1.82) is 0 Å². The van der Waals surface area contributed by atoms with E-state index in [9.17, 15) is 14.7 Å². The Labute approximate surface area is 131 Å². The fraction of sp³-hybridized carbons (Fsp3) is 0.0556. The van der Waals surface area contributed by atoms with Crippen LogP contribution in [0.2, 0.25) is 0 Å². The molecule has 0 saturated carbocycles. The molecule has 0 bridgehead atoms. The zero-order valence-corrected chi connectivity index (χ0v) is 11.9. The second kappa shape index (κ2) is 4.91. The SMILES string of the molecule is O=C1c2cccc(O)c2C(=O)c2c(Cc3ccccc3)noc21. The summed E-state index contributed by atoms with van der Waals surface area (Å²) in [7, 11) is 0. The smallest absolute Gasteiger partial charge is 0.232 e. The lowest BCUT2D eigenvalue weighted by Gasteiger charge is -2.14. The van der Waals surface area contributed by atoms with Crippen LogP contribution in [0.25, 0.3) is 0 Å². The number of ketones is 2. The standard InChI is InChI=1S/C18H11NO4/c20-13-8-4-7-11-14(13)17(22)15-12(19-23-18(15)16(11)21)9-10-5-2-1-3-6-10/h1-8,20H,9H2. The number of benzene rings is 2. The fourth-order valence-corrected chi connectivity index (χ4v) is 2.84. The molecule has 4 rings (SSSR count). The molecular weight excluding hydrogens is 294 g/mol. The number of nitrogens with zero attached hydrogens (tertiary/aromatic N) is 1. The van der Waals surface area contributed by atoms with Crippen molar-refractivity contribution in [2.45, 2.75) is 6.42 Å². The van der Waals surface area contributed by atoms with Crippen LogP contribution < -0.4 is 0 Å². The number of carbonyl (C=O) groups excluding carboxylic acids is 2. The van der Waals surface area contributed by atoms with Crippen molar-refractivity contribution in [3.63, 3.8) is 0 Å². The largest absolute Gasteiger partial charge is 0.507 e. The number of aromatic nitrogens is 1. The molecule has 2 aromatic carbocycles. The van der Waals surface area contributed by atoms with E-state index in [-0.39, 0.29) is 28.2 Å². The van der Waals surface area contributed by atoms with Gasteiger partial charge in [-0.15, -0.1) is 0 Å². The average Bonchev–Trinajstić information content (AvgIpc) is 2.97. The van der Waals surface area contributed by atoms with Gasteiger partial charge in [0.05, 0.1) is 16.8 Å². The van der Waals surface area contributed by atoms with E-state index < -0.39 is 11.6 Å². The topological polar surface area (TPSA) is 80.4 Å². The van der Waals surface area contributed by atoms with Crippen molar-refractivity contribution in [1.82, 2.24) is 5.16 Å². The Morgan fingerprint density at radius 2 is 1.70 bits per heavy atom. The van der Waals surface area contributed by atoms with Crippen molar-refractivity contribution in [2.24, 2.45) is 0 Å². The Morgan fingerprint density at radius 3 is 2.48 bits per heavy atom. The molecule has 0 atom stereocenters. The first-order valence-electron chi connectivity index (χ1n) is 7.10. The lowest BCUT2D eigenvalue weighted by molar-refractivity contribution is 0.0952. The van der Waals surface area contributed by atoms with E-state index >= 15 is 0 Å². The van der Waals surface area contributed by atoms with Crippen molar-refractivity contribution in [2.75, 3.05) is 0 Å². The minimum Gasteiger partial charge on any atom is -0.507 e. The molecule has 1 heterocycles. The number of fused-ring (bicyclic) bond motifs is 2. The molecule has 0 aliphatic heterocycles. The van der Waals surface area contributed by atoms with Gasteiger partial charge >= 0.3 is 0 Å². The molecule has 0 fully saturated rings. The molecule has 5 nitrogen and oxygen atoms in total. The van der Waals surface area contributed by atoms with Crippen LogP contribution in [0.4, 0.5) is 0 Å². The minimum absolute atomic E-state index is 0.0162. The van der Waals surface area contributed by atoms with Crippen LogP contribution in [0.3, 0.4) is 0 Å². The molecule has 112 valence electrons. The van der Waals surface area contributed by atoms with Crippen LogP contribution in [0.15, 0.2) is 53.1 Å². The molecular formula is C18H11NO4. The quantitative estimate of drug-likeness (QED) is 0.616. The number of phenols is 1. The highest BCUT2D eigenvalue weighted by molar-refractivity contribution is 6.28. The maximum absolute atomic E-state index is 12.7. The molecule has 1 N–H and O–H groups in total. The van der Waals surface area contributed by atoms with Crippen molar-refractivity contribution in [3.8, 4) is 5.75 Å². The van der Waals surface area contributed by atoms with Gasteiger partial charge in [0, 0.05) is 12.0 Å². The van der Waals surface area contributed by atoms with Crippen LogP contribution in [0.1, 0.15) is 43.3 Å². The molecule has 0 unspecified atom stereocenters. The van der Waals surface area contributed by atoms with Crippen molar-refractivity contribution in [3.05, 3.63) is 82.2 Å². The van der Waals surface area contributed by atoms with E-state index in [4.69, 9.17) is 4.52 Å². The summed E-state index contributed by atoms with van der Waals surface area (Å²) in [5.74, 6) is -1.13. The number of aromatic hydroxyl groups is 1. The normalized spacial score (nSPS) is 12.9. The van der Waals surface area contributed by atoms with E-state index in [2.05, 4.69) is 5.16 Å². The molecule has 1 aliphatic carbocycles. The summed E-state index contributed by atoms with van der Waals surface area (Å²) in [6, 6.07) is 13.9. The van der Waals surface area contributed by atoms with E-state index in [0.717, 1.165) is 5.56 Å². The lowest BCUT2D eigenvalue weighted by atomic mass is 9.86. The molecule has 1 aromatic heterocycles. The zero-order chi connectivity index (χ0) is 16.0. The summed E-state index contributed by atoms with van der Waals surface area (Å²) >= 11 is 0. The van der Waals surface area contributed by atoms with E-state index in [1.807, 2.05) is 30.3 Å². The van der Waals surface area contributed by atoms with Crippen LogP contribution in [-0.4, -0.2) is 21.8 Å². The fourth-order valence-electron chi connectivity index (χ4n) is 2.84. The summed E-state index contributed by atoms with van der Waals surface area (Å²) in [5.41, 5.74) is 1.66. The average molecular weight is 305 g/mol. The van der Waals surface area contributed by atoms with Gasteiger partial charge in [0.2, 0.25) is 17.3 Å². The highest BCUT2D eigenvalue weighted by atomic mass is 16.5. The first kappa shape index (κ1) is 13.5. The Balaban J connectivity index is 1.85. The van der Waals surface area contributed by atoms with Gasteiger partial charge in [0.1, 0.15) is 5.75 Å². The number of rotatable bonds is 2. The highest BCUT2D eigenvalue weighted by Gasteiger charge is 2.37. The molecule has 0 radical (unpaired) electrons. The number of hydrogen-bond donors (Lipinski definition) is 1. The van der Waals surface area contributed by atoms with Gasteiger partial charge in [-0.3, -0.25) is 9.59 Å². The van der Waals surface area contributed by atoms with Crippen LogP contribution in [0, 0.1) is 0 Å². The second-order valence-electron chi connectivity index (χ2n) is 5.35. The third-order valence-electron chi connectivity index (χ3n) is 3.92. The predicted octanol–water partition coefficient (Wildman–Crippen LogP) is 2.75. The second-order valence-corrected chi connectivity index (χ2v) is 5.35. The van der Waals surface area contributed by atoms with Gasteiger partial charge in [-0.05, 0) is 17.7 Å². The van der Waals surface area contributed by atoms with Crippen LogP contribution >= 0.6 is 0 Å². The molecule has 0 saturated heterocycles. The van der Waals surface area contributed by atoms with Gasteiger partial charge in [0.25, 0.3) is 0 Å². The van der Waals surface area contributed by atoms with Crippen molar-refractivity contribution < 1.29 is 19.2 Å². The van der Waals surface area contributed by atoms with E-state index in [1.165, 1.54) is 18.2 Å². The highest BCUT2D eigenvalue weighted by Crippen LogP contribution is 2.34. The third kappa shape index (κ3) is 1.97. The summed E-state index contributed by atoms with van der Waals surface area (Å²) in [6.45, 7) is 0. The summed E-state index contributed by atoms with van der Waals surface area (Å²) in [4.78, 5) is 25.2. The zero-order valence-electron chi connectivity index (χ0n) is 11.9. The Morgan fingerprint density at radius 1 is 0.913 bits per heavy atom. The summed E-state index contributed by atoms with van der Waals surface area (Å²) in [6.07, 6.45) is 0.377. The first-order chi connectivity index (χ1) is 11.2. The Bertz CT molecular complexity index is 941. The van der Waals surface area contributed by atoms with E-state index in [0.29, 0.717) is 12.1 Å². The molecule has 1 aliphatic rings. The van der Waals surface area contributed by atoms with Gasteiger partial charge in [-0.1, -0.05) is 41.6 Å².